The average Bonchev–Trinajstić information content (AvgIpc) is 2.91. The van der Waals surface area contributed by atoms with Gasteiger partial charge in [0.15, 0.2) is 5.65 Å². The largest absolute Gasteiger partial charge is 0.279 e. The smallest absolute Gasteiger partial charge is 0.252 e. The van der Waals surface area contributed by atoms with Gasteiger partial charge >= 0.3 is 0 Å². The minimum absolute atomic E-state index is 0.106. The summed E-state index contributed by atoms with van der Waals surface area (Å²) in [6.07, 6.45) is 1.77. The molecule has 1 amide bonds. The van der Waals surface area contributed by atoms with Gasteiger partial charge in [0.2, 0.25) is 15.0 Å². The van der Waals surface area contributed by atoms with Crippen molar-refractivity contribution in [2.75, 3.05) is 17.2 Å². The summed E-state index contributed by atoms with van der Waals surface area (Å²) < 4.78 is 23.7. The molecule has 0 spiro atoms. The number of hydrogen-bond acceptors (Lipinski definition) is 5. The molecule has 1 saturated heterocycles. The maximum absolute atomic E-state index is 12.0. The van der Waals surface area contributed by atoms with Gasteiger partial charge in [-0.05, 0) is 12.1 Å². The van der Waals surface area contributed by atoms with E-state index in [1.54, 1.807) is 18.3 Å². The van der Waals surface area contributed by atoms with Gasteiger partial charge < -0.3 is 0 Å². The van der Waals surface area contributed by atoms with E-state index in [2.05, 4.69) is 10.1 Å². The number of halogens is 2. The van der Waals surface area contributed by atoms with Crippen molar-refractivity contribution in [1.29, 1.82) is 0 Å². The highest BCUT2D eigenvalue weighted by molar-refractivity contribution is 8.13. The fraction of sp³-hybridized carbons (Fsp3) is 0.364. The first kappa shape index (κ1) is 14.6. The third-order valence-corrected chi connectivity index (χ3v) is 4.73. The van der Waals surface area contributed by atoms with E-state index in [-0.39, 0.29) is 36.5 Å². The van der Waals surface area contributed by atoms with Crippen molar-refractivity contribution in [3.05, 3.63) is 23.4 Å². The zero-order chi connectivity index (χ0) is 15.2. The van der Waals surface area contributed by atoms with Crippen molar-refractivity contribution in [3.8, 4) is 0 Å². The molecular formula is C11H10Cl2N4O3S. The second-order valence-corrected chi connectivity index (χ2v) is 8.04. The zero-order valence-electron chi connectivity index (χ0n) is 10.6. The fourth-order valence-electron chi connectivity index (χ4n) is 2.34. The van der Waals surface area contributed by atoms with Crippen LogP contribution in [0.4, 0.5) is 5.95 Å². The fourth-order valence-corrected chi connectivity index (χ4v) is 3.87. The SMILES string of the molecule is O=C1CC(CS(=O)(=O)Cl)CN1c1nc2c(Cl)cccn2n1. The van der Waals surface area contributed by atoms with Gasteiger partial charge in [0, 0.05) is 35.8 Å². The number of carbonyl (C=O) groups is 1. The summed E-state index contributed by atoms with van der Waals surface area (Å²) >= 11 is 6.01. The molecule has 1 atom stereocenters. The van der Waals surface area contributed by atoms with Crippen LogP contribution in [0.3, 0.4) is 0 Å². The van der Waals surface area contributed by atoms with Crippen LogP contribution in [0, 0.1) is 5.92 Å². The monoisotopic (exact) mass is 348 g/mol. The van der Waals surface area contributed by atoms with Gasteiger partial charge in [-0.3, -0.25) is 9.69 Å². The summed E-state index contributed by atoms with van der Waals surface area (Å²) in [6, 6.07) is 3.38. The third-order valence-electron chi connectivity index (χ3n) is 3.18. The number of hydrogen-bond donors (Lipinski definition) is 0. The summed E-state index contributed by atoms with van der Waals surface area (Å²) in [4.78, 5) is 17.6. The molecule has 0 aliphatic carbocycles. The van der Waals surface area contributed by atoms with Crippen LogP contribution in [-0.2, 0) is 13.8 Å². The molecule has 3 rings (SSSR count). The Balaban J connectivity index is 1.89. The normalized spacial score (nSPS) is 19.6. The number of aromatic nitrogens is 3. The van der Waals surface area contributed by atoms with E-state index < -0.39 is 9.05 Å². The number of anilines is 1. The van der Waals surface area contributed by atoms with Gasteiger partial charge in [0.1, 0.15) is 0 Å². The summed E-state index contributed by atoms with van der Waals surface area (Å²) in [6.45, 7) is 0.222. The van der Waals surface area contributed by atoms with Gasteiger partial charge in [-0.2, -0.15) is 4.98 Å². The highest BCUT2D eigenvalue weighted by Gasteiger charge is 2.35. The van der Waals surface area contributed by atoms with Crippen molar-refractivity contribution < 1.29 is 13.2 Å². The van der Waals surface area contributed by atoms with E-state index in [1.165, 1.54) is 9.42 Å². The Morgan fingerprint density at radius 2 is 2.19 bits per heavy atom. The lowest BCUT2D eigenvalue weighted by Crippen LogP contribution is -2.26. The predicted molar refractivity (Wildman–Crippen MR) is 78.1 cm³/mol. The lowest BCUT2D eigenvalue weighted by atomic mass is 10.1. The maximum atomic E-state index is 12.0. The van der Waals surface area contributed by atoms with Crippen LogP contribution < -0.4 is 4.90 Å². The summed E-state index contributed by atoms with van der Waals surface area (Å²) in [7, 11) is 1.59. The third kappa shape index (κ3) is 2.97. The van der Waals surface area contributed by atoms with Gasteiger partial charge in [-0.15, -0.1) is 5.10 Å². The molecule has 21 heavy (non-hydrogen) atoms. The molecule has 3 heterocycles. The molecule has 0 N–H and O–H groups in total. The Bertz CT molecular complexity index is 820. The van der Waals surface area contributed by atoms with Crippen molar-refractivity contribution in [3.63, 3.8) is 0 Å². The minimum atomic E-state index is -3.64. The van der Waals surface area contributed by atoms with Gasteiger partial charge in [-0.1, -0.05) is 11.6 Å². The number of carbonyl (C=O) groups excluding carboxylic acids is 1. The molecule has 112 valence electrons. The molecule has 1 aliphatic heterocycles. The molecule has 2 aromatic heterocycles. The number of amides is 1. The van der Waals surface area contributed by atoms with Crippen LogP contribution >= 0.6 is 22.3 Å². The molecule has 1 fully saturated rings. The molecule has 0 radical (unpaired) electrons. The topological polar surface area (TPSA) is 84.6 Å². The average molecular weight is 349 g/mol. The molecule has 7 nitrogen and oxygen atoms in total. The van der Waals surface area contributed by atoms with Crippen molar-refractivity contribution in [1.82, 2.24) is 14.6 Å². The number of rotatable bonds is 3. The highest BCUT2D eigenvalue weighted by Crippen LogP contribution is 2.26. The lowest BCUT2D eigenvalue weighted by Gasteiger charge is -2.10. The van der Waals surface area contributed by atoms with Crippen LogP contribution in [0.15, 0.2) is 18.3 Å². The maximum Gasteiger partial charge on any atom is 0.252 e. The Hall–Kier alpha value is -1.38. The van der Waals surface area contributed by atoms with Gasteiger partial charge in [0.25, 0.3) is 5.95 Å². The Morgan fingerprint density at radius 1 is 1.43 bits per heavy atom. The van der Waals surface area contributed by atoms with Crippen molar-refractivity contribution >= 4 is 48.8 Å². The minimum Gasteiger partial charge on any atom is -0.279 e. The Morgan fingerprint density at radius 3 is 2.86 bits per heavy atom. The van der Waals surface area contributed by atoms with Crippen molar-refractivity contribution in [2.45, 2.75) is 6.42 Å². The Kier molecular flexibility index (Phi) is 3.54. The van der Waals surface area contributed by atoms with E-state index in [1.807, 2.05) is 0 Å². The molecule has 1 unspecified atom stereocenters. The molecule has 2 aromatic rings. The van der Waals surface area contributed by atoms with Crippen LogP contribution in [0.5, 0.6) is 0 Å². The van der Waals surface area contributed by atoms with Crippen LogP contribution in [0.25, 0.3) is 5.65 Å². The molecular weight excluding hydrogens is 339 g/mol. The van der Waals surface area contributed by atoms with E-state index in [0.29, 0.717) is 10.7 Å². The number of pyridine rings is 1. The summed E-state index contributed by atoms with van der Waals surface area (Å²) in [5, 5.41) is 4.60. The molecule has 10 heteroatoms. The van der Waals surface area contributed by atoms with E-state index in [4.69, 9.17) is 22.3 Å². The standard InChI is InChI=1S/C11H10Cl2N4O3S/c12-8-2-1-3-17-10(8)14-11(15-17)16-5-7(4-9(16)18)6-21(13,19)20/h1-3,7H,4-6H2. The van der Waals surface area contributed by atoms with Gasteiger partial charge in [-0.25, -0.2) is 12.9 Å². The highest BCUT2D eigenvalue weighted by atomic mass is 35.7. The van der Waals surface area contributed by atoms with E-state index in [0.717, 1.165) is 0 Å². The predicted octanol–water partition coefficient (Wildman–Crippen LogP) is 1.30. The number of fused-ring (bicyclic) bond motifs is 1. The van der Waals surface area contributed by atoms with Gasteiger partial charge in [0.05, 0.1) is 10.8 Å². The summed E-state index contributed by atoms with van der Waals surface area (Å²) in [5.41, 5.74) is 0.440. The lowest BCUT2D eigenvalue weighted by molar-refractivity contribution is -0.117. The van der Waals surface area contributed by atoms with E-state index >= 15 is 0 Å². The summed E-state index contributed by atoms with van der Waals surface area (Å²) in [5.74, 6) is -0.623. The van der Waals surface area contributed by atoms with E-state index in [9.17, 15) is 13.2 Å². The molecule has 0 bridgehead atoms. The first-order valence-corrected chi connectivity index (χ1v) is 8.93. The second kappa shape index (κ2) is 5.11. The van der Waals surface area contributed by atoms with Crippen LogP contribution in [0.1, 0.15) is 6.42 Å². The molecule has 0 saturated carbocycles. The Labute approximate surface area is 129 Å². The number of nitrogens with zero attached hydrogens (tertiary/aromatic N) is 4. The second-order valence-electron chi connectivity index (χ2n) is 4.82. The van der Waals surface area contributed by atoms with Crippen LogP contribution in [0.2, 0.25) is 5.02 Å². The molecule has 1 aliphatic rings. The quantitative estimate of drug-likeness (QED) is 0.780. The zero-order valence-corrected chi connectivity index (χ0v) is 12.9. The first-order chi connectivity index (χ1) is 9.83. The first-order valence-electron chi connectivity index (χ1n) is 6.07. The van der Waals surface area contributed by atoms with Crippen LogP contribution in [-0.4, -0.2) is 41.2 Å². The molecule has 0 aromatic carbocycles. The van der Waals surface area contributed by atoms with Crippen molar-refractivity contribution in [2.24, 2.45) is 5.92 Å².